The van der Waals surface area contributed by atoms with E-state index in [9.17, 15) is 9.59 Å². The van der Waals surface area contributed by atoms with E-state index in [4.69, 9.17) is 23.2 Å². The van der Waals surface area contributed by atoms with Gasteiger partial charge in [0.25, 0.3) is 11.8 Å². The molecular formula is C17H16Cl2N2O2. The molecule has 0 fully saturated rings. The lowest BCUT2D eigenvalue weighted by Crippen LogP contribution is -2.24. The number of benzene rings is 2. The fraction of sp³-hybridized carbons (Fsp3) is 0.176. The van der Waals surface area contributed by atoms with Gasteiger partial charge in [-0.2, -0.15) is 0 Å². The molecule has 0 aromatic heterocycles. The predicted octanol–water partition coefficient (Wildman–Crippen LogP) is 4.39. The van der Waals surface area contributed by atoms with Gasteiger partial charge in [-0.1, -0.05) is 42.3 Å². The van der Waals surface area contributed by atoms with Crippen LogP contribution in [0.2, 0.25) is 10.0 Å². The van der Waals surface area contributed by atoms with E-state index in [0.29, 0.717) is 28.4 Å². The third-order valence-corrected chi connectivity index (χ3v) is 3.94. The molecule has 2 rings (SSSR count). The topological polar surface area (TPSA) is 58.2 Å². The minimum atomic E-state index is -0.362. The average molecular weight is 351 g/mol. The Morgan fingerprint density at radius 2 is 1.65 bits per heavy atom. The summed E-state index contributed by atoms with van der Waals surface area (Å²) in [5, 5.41) is 6.10. The van der Waals surface area contributed by atoms with E-state index in [1.807, 2.05) is 6.92 Å². The van der Waals surface area contributed by atoms with Crippen LogP contribution in [0.3, 0.4) is 0 Å². The van der Waals surface area contributed by atoms with Gasteiger partial charge >= 0.3 is 0 Å². The van der Waals surface area contributed by atoms with E-state index >= 15 is 0 Å². The highest BCUT2D eigenvalue weighted by atomic mass is 35.5. The van der Waals surface area contributed by atoms with E-state index in [1.54, 1.807) is 42.5 Å². The van der Waals surface area contributed by atoms with Crippen LogP contribution in [0.1, 0.15) is 34.1 Å². The molecule has 4 nitrogen and oxygen atoms in total. The molecule has 0 spiro atoms. The van der Waals surface area contributed by atoms with Crippen molar-refractivity contribution >= 4 is 40.7 Å². The van der Waals surface area contributed by atoms with Crippen LogP contribution in [0.4, 0.5) is 5.69 Å². The second kappa shape index (κ2) is 7.99. The highest BCUT2D eigenvalue weighted by molar-refractivity contribution is 6.44. The van der Waals surface area contributed by atoms with Gasteiger partial charge in [-0.05, 0) is 36.8 Å². The summed E-state index contributed by atoms with van der Waals surface area (Å²) in [6, 6.07) is 11.5. The normalized spacial score (nSPS) is 10.2. The molecule has 2 N–H and O–H groups in total. The van der Waals surface area contributed by atoms with Crippen LogP contribution in [-0.2, 0) is 0 Å². The second-order valence-corrected chi connectivity index (χ2v) is 5.68. The van der Waals surface area contributed by atoms with E-state index in [-0.39, 0.29) is 16.8 Å². The first-order chi connectivity index (χ1) is 11.0. The summed E-state index contributed by atoms with van der Waals surface area (Å²) in [5.74, 6) is -0.568. The van der Waals surface area contributed by atoms with Crippen LogP contribution >= 0.6 is 23.2 Å². The molecule has 2 aromatic carbocycles. The van der Waals surface area contributed by atoms with Gasteiger partial charge in [0, 0.05) is 17.7 Å². The van der Waals surface area contributed by atoms with Crippen LogP contribution in [0.25, 0.3) is 0 Å². The number of halogens is 2. The van der Waals surface area contributed by atoms with Crippen molar-refractivity contribution in [2.45, 2.75) is 13.3 Å². The second-order valence-electron chi connectivity index (χ2n) is 4.89. The molecule has 0 saturated carbocycles. The Bertz CT molecular complexity index is 732. The van der Waals surface area contributed by atoms with Gasteiger partial charge in [-0.3, -0.25) is 9.59 Å². The first-order valence-electron chi connectivity index (χ1n) is 7.16. The molecule has 0 aliphatic carbocycles. The molecule has 0 saturated heterocycles. The number of carbonyl (C=O) groups excluding carboxylic acids is 2. The molecular weight excluding hydrogens is 335 g/mol. The molecule has 2 aromatic rings. The average Bonchev–Trinajstić information content (AvgIpc) is 2.57. The molecule has 0 radical (unpaired) electrons. The van der Waals surface area contributed by atoms with Crippen molar-refractivity contribution in [1.82, 2.24) is 5.32 Å². The maximum Gasteiger partial charge on any atom is 0.255 e. The van der Waals surface area contributed by atoms with E-state index in [2.05, 4.69) is 10.6 Å². The van der Waals surface area contributed by atoms with Gasteiger partial charge in [-0.15, -0.1) is 0 Å². The molecule has 0 aliphatic heterocycles. The number of hydrogen-bond acceptors (Lipinski definition) is 2. The molecule has 2 amide bonds. The predicted molar refractivity (Wildman–Crippen MR) is 93.5 cm³/mol. The van der Waals surface area contributed by atoms with Crippen molar-refractivity contribution in [2.75, 3.05) is 11.9 Å². The molecule has 6 heteroatoms. The van der Waals surface area contributed by atoms with Gasteiger partial charge in [0.2, 0.25) is 0 Å². The Kier molecular flexibility index (Phi) is 6.02. The molecule has 0 unspecified atom stereocenters. The van der Waals surface area contributed by atoms with Crippen molar-refractivity contribution in [3.63, 3.8) is 0 Å². The highest BCUT2D eigenvalue weighted by Gasteiger charge is 2.12. The number of anilines is 1. The Labute approximate surface area is 144 Å². The first kappa shape index (κ1) is 17.3. The summed E-state index contributed by atoms with van der Waals surface area (Å²) < 4.78 is 0. The third-order valence-electron chi connectivity index (χ3n) is 3.12. The summed E-state index contributed by atoms with van der Waals surface area (Å²) in [6.45, 7) is 2.56. The minimum Gasteiger partial charge on any atom is -0.352 e. The number of hydrogen-bond donors (Lipinski definition) is 2. The maximum atomic E-state index is 12.3. The summed E-state index contributed by atoms with van der Waals surface area (Å²) in [7, 11) is 0. The van der Waals surface area contributed by atoms with E-state index in [0.717, 1.165) is 6.42 Å². The van der Waals surface area contributed by atoms with Crippen molar-refractivity contribution in [3.8, 4) is 0 Å². The summed E-state index contributed by atoms with van der Waals surface area (Å²) >= 11 is 12.0. The van der Waals surface area contributed by atoms with Crippen LogP contribution in [0, 0.1) is 0 Å². The maximum absolute atomic E-state index is 12.3. The zero-order valence-electron chi connectivity index (χ0n) is 12.5. The van der Waals surface area contributed by atoms with Crippen molar-refractivity contribution < 1.29 is 9.59 Å². The molecule has 0 bridgehead atoms. The zero-order chi connectivity index (χ0) is 16.8. The molecule has 120 valence electrons. The Hall–Kier alpha value is -2.04. The molecule has 0 heterocycles. The van der Waals surface area contributed by atoms with Gasteiger partial charge in [0.15, 0.2) is 0 Å². The lowest BCUT2D eigenvalue weighted by atomic mass is 10.1. The van der Waals surface area contributed by atoms with Gasteiger partial charge in [0.05, 0.1) is 15.7 Å². The third kappa shape index (κ3) is 4.47. The van der Waals surface area contributed by atoms with Gasteiger partial charge in [0.1, 0.15) is 0 Å². The van der Waals surface area contributed by atoms with Crippen LogP contribution < -0.4 is 10.6 Å². The van der Waals surface area contributed by atoms with Crippen LogP contribution in [0.5, 0.6) is 0 Å². The molecule has 0 atom stereocenters. The summed E-state index contributed by atoms with van der Waals surface area (Å²) in [4.78, 5) is 24.3. The fourth-order valence-corrected chi connectivity index (χ4v) is 2.28. The standard InChI is InChI=1S/C17H16Cl2N2O2/c1-2-9-20-16(22)11-5-3-6-12(10-11)17(23)21-14-8-4-7-13(18)15(14)19/h3-8,10H,2,9H2,1H3,(H,20,22)(H,21,23). The summed E-state index contributed by atoms with van der Waals surface area (Å²) in [6.07, 6.45) is 0.846. The quantitative estimate of drug-likeness (QED) is 0.840. The van der Waals surface area contributed by atoms with Crippen molar-refractivity contribution in [1.29, 1.82) is 0 Å². The molecule has 23 heavy (non-hydrogen) atoms. The minimum absolute atomic E-state index is 0.206. The monoisotopic (exact) mass is 350 g/mol. The zero-order valence-corrected chi connectivity index (χ0v) is 14.0. The van der Waals surface area contributed by atoms with Crippen LogP contribution in [0.15, 0.2) is 42.5 Å². The summed E-state index contributed by atoms with van der Waals surface area (Å²) in [5.41, 5.74) is 1.22. The Morgan fingerprint density at radius 1 is 1.00 bits per heavy atom. The largest absolute Gasteiger partial charge is 0.352 e. The number of amides is 2. The number of rotatable bonds is 5. The highest BCUT2D eigenvalue weighted by Crippen LogP contribution is 2.29. The smallest absolute Gasteiger partial charge is 0.255 e. The molecule has 0 aliphatic rings. The Morgan fingerprint density at radius 3 is 2.35 bits per heavy atom. The SMILES string of the molecule is CCCNC(=O)c1cccc(C(=O)Nc2cccc(Cl)c2Cl)c1. The fourth-order valence-electron chi connectivity index (χ4n) is 1.94. The van der Waals surface area contributed by atoms with E-state index in [1.165, 1.54) is 0 Å². The lowest BCUT2D eigenvalue weighted by molar-refractivity contribution is 0.0953. The van der Waals surface area contributed by atoms with Crippen molar-refractivity contribution in [3.05, 3.63) is 63.6 Å². The number of carbonyl (C=O) groups is 2. The lowest BCUT2D eigenvalue weighted by Gasteiger charge is -2.09. The first-order valence-corrected chi connectivity index (χ1v) is 7.92. The van der Waals surface area contributed by atoms with Crippen LogP contribution in [-0.4, -0.2) is 18.4 Å². The number of nitrogens with one attached hydrogen (secondary N) is 2. The van der Waals surface area contributed by atoms with E-state index < -0.39 is 0 Å². The van der Waals surface area contributed by atoms with Gasteiger partial charge < -0.3 is 10.6 Å². The van der Waals surface area contributed by atoms with Crippen molar-refractivity contribution in [2.24, 2.45) is 0 Å². The van der Waals surface area contributed by atoms with Gasteiger partial charge in [-0.25, -0.2) is 0 Å². The Balaban J connectivity index is 2.16.